The number of piperidine rings is 1. The minimum absolute atomic E-state index is 0.531. The molecule has 0 unspecified atom stereocenters. The molecule has 4 rings (SSSR count). The zero-order valence-electron chi connectivity index (χ0n) is 8.49. The molecule has 2 heteroatoms. The molecule has 76 valence electrons. The van der Waals surface area contributed by atoms with Gasteiger partial charge in [-0.05, 0) is 36.4 Å². The Morgan fingerprint density at radius 1 is 1.33 bits per heavy atom. The first-order valence-electron chi connectivity index (χ1n) is 5.58. The van der Waals surface area contributed by atoms with E-state index in [2.05, 4.69) is 35.6 Å². The molecule has 2 atom stereocenters. The summed E-state index contributed by atoms with van der Waals surface area (Å²) in [5.41, 5.74) is 0.531. The van der Waals surface area contributed by atoms with Crippen LogP contribution in [0.2, 0.25) is 0 Å². The first-order valence-corrected chi connectivity index (χ1v) is 6.40. The van der Waals surface area contributed by atoms with E-state index in [1.54, 1.807) is 4.88 Å². The molecule has 0 bridgehead atoms. The topological polar surface area (TPSA) is 12.0 Å². The smallest absolute Gasteiger partial charge is 0.0345 e. The van der Waals surface area contributed by atoms with E-state index in [0.29, 0.717) is 5.41 Å². The fraction of sp³-hybridized carbons (Fsp3) is 0.385. The molecular weight excluding hydrogens is 202 g/mol. The summed E-state index contributed by atoms with van der Waals surface area (Å²) in [5, 5.41) is 4.93. The number of hydrogen-bond acceptors (Lipinski definition) is 2. The van der Waals surface area contributed by atoms with Gasteiger partial charge in [0.05, 0.1) is 0 Å². The lowest BCUT2D eigenvalue weighted by atomic mass is 10.0. The van der Waals surface area contributed by atoms with Gasteiger partial charge in [-0.15, -0.1) is 11.3 Å². The Kier molecular flexibility index (Phi) is 1.46. The van der Waals surface area contributed by atoms with Crippen LogP contribution in [0.15, 0.2) is 30.3 Å². The molecule has 15 heavy (non-hydrogen) atoms. The number of hydrogen-bond donors (Lipinski definition) is 1. The summed E-state index contributed by atoms with van der Waals surface area (Å²) >= 11 is 2.00. The lowest BCUT2D eigenvalue weighted by Crippen LogP contribution is -2.18. The molecule has 2 heterocycles. The second kappa shape index (κ2) is 2.63. The van der Waals surface area contributed by atoms with E-state index in [1.807, 2.05) is 11.3 Å². The van der Waals surface area contributed by atoms with Crippen LogP contribution in [0.3, 0.4) is 0 Å². The van der Waals surface area contributed by atoms with Gasteiger partial charge in [0.15, 0.2) is 0 Å². The van der Waals surface area contributed by atoms with Gasteiger partial charge in [-0.1, -0.05) is 18.2 Å². The molecule has 0 amide bonds. The van der Waals surface area contributed by atoms with Crippen molar-refractivity contribution < 1.29 is 0 Å². The summed E-state index contributed by atoms with van der Waals surface area (Å²) in [4.78, 5) is 1.61. The number of fused-ring (bicyclic) bond motifs is 2. The third kappa shape index (κ3) is 1.01. The van der Waals surface area contributed by atoms with Crippen molar-refractivity contribution in [3.05, 3.63) is 35.2 Å². The molecule has 2 fully saturated rings. The van der Waals surface area contributed by atoms with Gasteiger partial charge in [-0.25, -0.2) is 0 Å². The largest absolute Gasteiger partial charge is 0.315 e. The highest BCUT2D eigenvalue weighted by molar-refractivity contribution is 7.19. The highest BCUT2D eigenvalue weighted by atomic mass is 32.1. The molecule has 2 aromatic rings. The number of benzene rings is 1. The maximum Gasteiger partial charge on any atom is 0.0345 e. The zero-order chi connectivity index (χ0) is 9.88. The van der Waals surface area contributed by atoms with Crippen molar-refractivity contribution in [1.82, 2.24) is 5.32 Å². The molecule has 1 aromatic heterocycles. The zero-order valence-corrected chi connectivity index (χ0v) is 9.31. The number of thiophene rings is 1. The fourth-order valence-corrected chi connectivity index (χ4v) is 4.29. The van der Waals surface area contributed by atoms with Gasteiger partial charge in [-0.2, -0.15) is 0 Å². The van der Waals surface area contributed by atoms with Gasteiger partial charge in [0.2, 0.25) is 0 Å². The van der Waals surface area contributed by atoms with Crippen molar-refractivity contribution in [3.8, 4) is 0 Å². The van der Waals surface area contributed by atoms with Crippen LogP contribution >= 0.6 is 11.3 Å². The number of nitrogens with one attached hydrogen (secondary N) is 1. The van der Waals surface area contributed by atoms with Gasteiger partial charge >= 0.3 is 0 Å². The summed E-state index contributed by atoms with van der Waals surface area (Å²) in [6.07, 6.45) is 1.41. The summed E-state index contributed by atoms with van der Waals surface area (Å²) < 4.78 is 1.44. The Bertz CT molecular complexity index is 497. The molecule has 1 nitrogen and oxygen atoms in total. The Labute approximate surface area is 93.1 Å². The molecule has 1 saturated heterocycles. The molecule has 0 spiro atoms. The van der Waals surface area contributed by atoms with Crippen molar-refractivity contribution in [3.63, 3.8) is 0 Å². The average Bonchev–Trinajstić information content (AvgIpc) is 2.68. The van der Waals surface area contributed by atoms with Gasteiger partial charge in [0.25, 0.3) is 0 Å². The fourth-order valence-electron chi connectivity index (χ4n) is 2.95. The van der Waals surface area contributed by atoms with Crippen LogP contribution < -0.4 is 5.32 Å². The van der Waals surface area contributed by atoms with E-state index in [0.717, 1.165) is 5.92 Å². The summed E-state index contributed by atoms with van der Waals surface area (Å²) in [7, 11) is 0. The molecule has 0 radical (unpaired) electrons. The van der Waals surface area contributed by atoms with Crippen LogP contribution in [-0.4, -0.2) is 13.1 Å². The van der Waals surface area contributed by atoms with Crippen LogP contribution in [0.4, 0.5) is 0 Å². The maximum atomic E-state index is 3.51. The summed E-state index contributed by atoms with van der Waals surface area (Å²) in [5.74, 6) is 0.922. The van der Waals surface area contributed by atoms with Crippen LogP contribution in [0.1, 0.15) is 11.3 Å². The maximum absolute atomic E-state index is 3.51. The third-order valence-electron chi connectivity index (χ3n) is 3.98. The van der Waals surface area contributed by atoms with Crippen LogP contribution in [-0.2, 0) is 5.41 Å². The van der Waals surface area contributed by atoms with Crippen molar-refractivity contribution in [1.29, 1.82) is 0 Å². The predicted octanol–water partition coefficient (Wildman–Crippen LogP) is 2.76. The standard InChI is InChI=1S/C13H13NS/c1-2-4-11-9(3-1)5-12(15-11)13-6-10(13)7-14-8-13/h1-5,10,14H,6-8H2/t10-,13-/m1/s1. The molecule has 1 aromatic carbocycles. The van der Waals surface area contributed by atoms with E-state index >= 15 is 0 Å². The molecule has 1 aliphatic carbocycles. The normalized spacial score (nSPS) is 33.2. The lowest BCUT2D eigenvalue weighted by Gasteiger charge is -2.07. The average molecular weight is 215 g/mol. The van der Waals surface area contributed by atoms with E-state index < -0.39 is 0 Å². The predicted molar refractivity (Wildman–Crippen MR) is 64.5 cm³/mol. The Hall–Kier alpha value is -0.860. The summed E-state index contributed by atoms with van der Waals surface area (Å²) in [6.45, 7) is 2.43. The third-order valence-corrected chi connectivity index (χ3v) is 5.32. The van der Waals surface area contributed by atoms with Gasteiger partial charge in [0, 0.05) is 21.5 Å². The van der Waals surface area contributed by atoms with Gasteiger partial charge in [-0.3, -0.25) is 0 Å². The monoisotopic (exact) mass is 215 g/mol. The van der Waals surface area contributed by atoms with Crippen molar-refractivity contribution in [2.45, 2.75) is 11.8 Å². The minimum Gasteiger partial charge on any atom is -0.315 e. The first-order chi connectivity index (χ1) is 7.38. The second-order valence-electron chi connectivity index (χ2n) is 4.84. The van der Waals surface area contributed by atoms with E-state index in [1.165, 1.54) is 29.6 Å². The molecule has 1 N–H and O–H groups in total. The second-order valence-corrected chi connectivity index (χ2v) is 5.92. The van der Waals surface area contributed by atoms with E-state index in [9.17, 15) is 0 Å². The van der Waals surface area contributed by atoms with Crippen LogP contribution in [0.25, 0.3) is 10.1 Å². The summed E-state index contributed by atoms with van der Waals surface area (Å²) in [6, 6.07) is 11.1. The van der Waals surface area contributed by atoms with Crippen LogP contribution in [0.5, 0.6) is 0 Å². The molecule has 1 saturated carbocycles. The number of rotatable bonds is 1. The lowest BCUT2D eigenvalue weighted by molar-refractivity contribution is 0.686. The van der Waals surface area contributed by atoms with Crippen LogP contribution in [0, 0.1) is 5.92 Å². The van der Waals surface area contributed by atoms with Crippen molar-refractivity contribution >= 4 is 21.4 Å². The minimum atomic E-state index is 0.531. The highest BCUT2D eigenvalue weighted by Gasteiger charge is 2.58. The van der Waals surface area contributed by atoms with Gasteiger partial charge < -0.3 is 5.32 Å². The molecule has 1 aliphatic heterocycles. The van der Waals surface area contributed by atoms with Crippen molar-refractivity contribution in [2.75, 3.05) is 13.1 Å². The Morgan fingerprint density at radius 3 is 3.00 bits per heavy atom. The molecular formula is C13H13NS. The Balaban J connectivity index is 1.89. The quantitative estimate of drug-likeness (QED) is 0.771. The van der Waals surface area contributed by atoms with Crippen molar-refractivity contribution in [2.24, 2.45) is 5.92 Å². The Morgan fingerprint density at radius 2 is 2.27 bits per heavy atom. The van der Waals surface area contributed by atoms with Gasteiger partial charge in [0.1, 0.15) is 0 Å². The van der Waals surface area contributed by atoms with E-state index in [-0.39, 0.29) is 0 Å². The molecule has 2 aliphatic rings. The highest BCUT2D eigenvalue weighted by Crippen LogP contribution is 2.58. The van der Waals surface area contributed by atoms with E-state index in [4.69, 9.17) is 0 Å². The first kappa shape index (κ1) is 8.31. The SMILES string of the molecule is c1ccc2sc([C@]34CNC[C@H]3C4)cc2c1.